The molecule has 0 bridgehead atoms. The molecule has 0 saturated carbocycles. The van der Waals surface area contributed by atoms with Crippen LogP contribution in [0.2, 0.25) is 0 Å². The maximum Gasteiger partial charge on any atom is 0.0480 e. The lowest BCUT2D eigenvalue weighted by atomic mass is 10.1. The summed E-state index contributed by atoms with van der Waals surface area (Å²) in [7, 11) is 0. The van der Waals surface area contributed by atoms with E-state index in [1.54, 1.807) is 0 Å². The van der Waals surface area contributed by atoms with Crippen LogP contribution in [-0.2, 0) is 4.74 Å². The summed E-state index contributed by atoms with van der Waals surface area (Å²) in [5, 5.41) is 3.59. The Morgan fingerprint density at radius 1 is 1.35 bits per heavy atom. The molecule has 1 N–H and O–H groups in total. The van der Waals surface area contributed by atoms with Crippen LogP contribution in [0.3, 0.4) is 0 Å². The van der Waals surface area contributed by atoms with Gasteiger partial charge in [0.1, 0.15) is 0 Å². The summed E-state index contributed by atoms with van der Waals surface area (Å²) in [6.07, 6.45) is 2.31. The van der Waals surface area contributed by atoms with Crippen molar-refractivity contribution >= 4 is 27.7 Å². The molecule has 0 radical (unpaired) electrons. The molecule has 0 atom stereocenters. The molecule has 0 unspecified atom stereocenters. The van der Waals surface area contributed by atoms with Crippen LogP contribution in [0.5, 0.6) is 0 Å². The third-order valence-corrected chi connectivity index (χ3v) is 4.31. The standard InChI is InChI=1S/C13H18BrNOS/c14-11-2-1-3-13(10-11)17-9-6-15-12-4-7-16-8-5-12/h1-3,10,12,15H,4-9H2. The third kappa shape index (κ3) is 5.00. The summed E-state index contributed by atoms with van der Waals surface area (Å²) in [5.41, 5.74) is 0. The average molecular weight is 316 g/mol. The Hall–Kier alpha value is -0.0300. The van der Waals surface area contributed by atoms with E-state index in [0.717, 1.165) is 42.8 Å². The maximum atomic E-state index is 5.34. The molecule has 2 rings (SSSR count). The number of ether oxygens (including phenoxy) is 1. The van der Waals surface area contributed by atoms with Crippen LogP contribution >= 0.6 is 27.7 Å². The summed E-state index contributed by atoms with van der Waals surface area (Å²) in [4.78, 5) is 1.33. The minimum Gasteiger partial charge on any atom is -0.381 e. The zero-order chi connectivity index (χ0) is 11.9. The molecular formula is C13H18BrNOS. The lowest BCUT2D eigenvalue weighted by Gasteiger charge is -2.23. The van der Waals surface area contributed by atoms with Gasteiger partial charge < -0.3 is 10.1 Å². The van der Waals surface area contributed by atoms with Gasteiger partial charge in [0.2, 0.25) is 0 Å². The van der Waals surface area contributed by atoms with Gasteiger partial charge in [0.15, 0.2) is 0 Å². The summed E-state index contributed by atoms with van der Waals surface area (Å²) in [6, 6.07) is 9.12. The molecule has 1 heterocycles. The van der Waals surface area contributed by atoms with Crippen molar-refractivity contribution in [3.05, 3.63) is 28.7 Å². The van der Waals surface area contributed by atoms with Crippen molar-refractivity contribution in [3.8, 4) is 0 Å². The lowest BCUT2D eigenvalue weighted by molar-refractivity contribution is 0.0786. The van der Waals surface area contributed by atoms with Crippen molar-refractivity contribution in [1.29, 1.82) is 0 Å². The molecule has 1 aliphatic rings. The Balaban J connectivity index is 1.62. The Kier molecular flexibility index (Phi) is 5.85. The van der Waals surface area contributed by atoms with E-state index in [1.807, 2.05) is 11.8 Å². The first-order valence-corrected chi connectivity index (χ1v) is 7.82. The van der Waals surface area contributed by atoms with Gasteiger partial charge in [-0.15, -0.1) is 11.8 Å². The molecule has 1 aromatic carbocycles. The number of rotatable bonds is 5. The maximum absolute atomic E-state index is 5.34. The lowest BCUT2D eigenvalue weighted by Crippen LogP contribution is -2.35. The third-order valence-electron chi connectivity index (χ3n) is 2.82. The minimum absolute atomic E-state index is 0.659. The summed E-state index contributed by atoms with van der Waals surface area (Å²) in [5.74, 6) is 1.12. The van der Waals surface area contributed by atoms with Crippen LogP contribution in [0.1, 0.15) is 12.8 Å². The van der Waals surface area contributed by atoms with Gasteiger partial charge in [-0.1, -0.05) is 22.0 Å². The molecular weight excluding hydrogens is 298 g/mol. The minimum atomic E-state index is 0.659. The first-order chi connectivity index (χ1) is 8.34. The molecule has 1 saturated heterocycles. The van der Waals surface area contributed by atoms with Crippen molar-refractivity contribution in [2.24, 2.45) is 0 Å². The Morgan fingerprint density at radius 3 is 2.94 bits per heavy atom. The van der Waals surface area contributed by atoms with E-state index in [-0.39, 0.29) is 0 Å². The van der Waals surface area contributed by atoms with Crippen LogP contribution in [0, 0.1) is 0 Å². The molecule has 1 fully saturated rings. The number of hydrogen-bond donors (Lipinski definition) is 1. The van der Waals surface area contributed by atoms with Crippen molar-refractivity contribution in [1.82, 2.24) is 5.32 Å². The molecule has 0 spiro atoms. The van der Waals surface area contributed by atoms with E-state index < -0.39 is 0 Å². The fourth-order valence-electron chi connectivity index (χ4n) is 1.89. The van der Waals surface area contributed by atoms with Gasteiger partial charge in [-0.2, -0.15) is 0 Å². The van der Waals surface area contributed by atoms with E-state index in [2.05, 4.69) is 45.5 Å². The fraction of sp³-hybridized carbons (Fsp3) is 0.538. The highest BCUT2D eigenvalue weighted by Gasteiger charge is 2.11. The molecule has 0 aliphatic carbocycles. The van der Waals surface area contributed by atoms with Gasteiger partial charge in [-0.25, -0.2) is 0 Å². The van der Waals surface area contributed by atoms with Gasteiger partial charge in [0, 0.05) is 40.9 Å². The predicted octanol–water partition coefficient (Wildman–Crippen LogP) is 3.31. The molecule has 0 amide bonds. The zero-order valence-corrected chi connectivity index (χ0v) is 12.2. The smallest absolute Gasteiger partial charge is 0.0480 e. The van der Waals surface area contributed by atoms with Crippen molar-refractivity contribution in [2.45, 2.75) is 23.8 Å². The fourth-order valence-corrected chi connectivity index (χ4v) is 3.28. The SMILES string of the molecule is Brc1cccc(SCCNC2CCOCC2)c1. The molecule has 2 nitrogen and oxygen atoms in total. The average Bonchev–Trinajstić information content (AvgIpc) is 2.36. The number of halogens is 1. The number of benzene rings is 1. The van der Waals surface area contributed by atoms with E-state index in [9.17, 15) is 0 Å². The normalized spacial score (nSPS) is 17.2. The first-order valence-electron chi connectivity index (χ1n) is 6.04. The van der Waals surface area contributed by atoms with Crippen molar-refractivity contribution < 1.29 is 4.74 Å². The molecule has 17 heavy (non-hydrogen) atoms. The topological polar surface area (TPSA) is 21.3 Å². The highest BCUT2D eigenvalue weighted by molar-refractivity contribution is 9.10. The number of thioether (sulfide) groups is 1. The van der Waals surface area contributed by atoms with Crippen LogP contribution < -0.4 is 5.32 Å². The van der Waals surface area contributed by atoms with Crippen molar-refractivity contribution in [3.63, 3.8) is 0 Å². The summed E-state index contributed by atoms with van der Waals surface area (Å²) in [6.45, 7) is 2.90. The summed E-state index contributed by atoms with van der Waals surface area (Å²) >= 11 is 5.39. The number of hydrogen-bond acceptors (Lipinski definition) is 3. The van der Waals surface area contributed by atoms with Crippen LogP contribution in [0.15, 0.2) is 33.6 Å². The largest absolute Gasteiger partial charge is 0.381 e. The highest BCUT2D eigenvalue weighted by Crippen LogP contribution is 2.21. The van der Waals surface area contributed by atoms with Crippen LogP contribution in [-0.4, -0.2) is 31.6 Å². The van der Waals surface area contributed by atoms with Crippen LogP contribution in [0.4, 0.5) is 0 Å². The molecule has 1 aromatic rings. The molecule has 0 aromatic heterocycles. The second kappa shape index (κ2) is 7.41. The van der Waals surface area contributed by atoms with E-state index in [1.165, 1.54) is 4.90 Å². The second-order valence-corrected chi connectivity index (χ2v) is 6.23. The van der Waals surface area contributed by atoms with E-state index in [4.69, 9.17) is 4.74 Å². The van der Waals surface area contributed by atoms with Gasteiger partial charge in [0.25, 0.3) is 0 Å². The van der Waals surface area contributed by atoms with E-state index in [0.29, 0.717) is 6.04 Å². The Morgan fingerprint density at radius 2 is 2.18 bits per heavy atom. The van der Waals surface area contributed by atoms with Gasteiger partial charge in [0.05, 0.1) is 0 Å². The number of nitrogens with one attached hydrogen (secondary N) is 1. The molecule has 4 heteroatoms. The quantitative estimate of drug-likeness (QED) is 0.665. The molecule has 1 aliphatic heterocycles. The monoisotopic (exact) mass is 315 g/mol. The summed E-state index contributed by atoms with van der Waals surface area (Å²) < 4.78 is 6.49. The second-order valence-electron chi connectivity index (χ2n) is 4.15. The first kappa shape index (κ1) is 13.4. The van der Waals surface area contributed by atoms with Gasteiger partial charge in [-0.3, -0.25) is 0 Å². The highest BCUT2D eigenvalue weighted by atomic mass is 79.9. The Bertz CT molecular complexity index is 342. The predicted molar refractivity (Wildman–Crippen MR) is 76.7 cm³/mol. The van der Waals surface area contributed by atoms with Crippen LogP contribution in [0.25, 0.3) is 0 Å². The zero-order valence-electron chi connectivity index (χ0n) is 9.82. The van der Waals surface area contributed by atoms with Gasteiger partial charge >= 0.3 is 0 Å². The van der Waals surface area contributed by atoms with E-state index >= 15 is 0 Å². The Labute approximate surface area is 116 Å². The van der Waals surface area contributed by atoms with Gasteiger partial charge in [-0.05, 0) is 31.0 Å². The van der Waals surface area contributed by atoms with Crippen molar-refractivity contribution in [2.75, 3.05) is 25.5 Å². The molecule has 94 valence electrons.